The van der Waals surface area contributed by atoms with Gasteiger partial charge in [0.2, 0.25) is 0 Å². The summed E-state index contributed by atoms with van der Waals surface area (Å²) < 4.78 is 17.9. The van der Waals surface area contributed by atoms with Crippen LogP contribution >= 0.6 is 0 Å². The average molecular weight is 612 g/mol. The number of anilines is 1. The molecule has 0 radical (unpaired) electrons. The van der Waals surface area contributed by atoms with Crippen molar-refractivity contribution in [3.8, 4) is 0 Å². The lowest BCUT2D eigenvalue weighted by molar-refractivity contribution is -0.253. The predicted octanol–water partition coefficient (Wildman–Crippen LogP) is 6.26. The van der Waals surface area contributed by atoms with Crippen molar-refractivity contribution < 1.29 is 28.9 Å². The molecule has 9 heteroatoms. The molecule has 0 unspecified atom stereocenters. The zero-order chi connectivity index (χ0) is 31.8. The fourth-order valence-corrected chi connectivity index (χ4v) is 5.50. The number of urea groups is 1. The first-order valence-corrected chi connectivity index (χ1v) is 15.3. The maximum absolute atomic E-state index is 12.2. The molecule has 2 amide bonds. The number of hydrogen-bond acceptors (Lipinski definition) is 7. The van der Waals surface area contributed by atoms with E-state index in [1.165, 1.54) is 16.3 Å². The van der Waals surface area contributed by atoms with Crippen LogP contribution in [0.15, 0.2) is 91.0 Å². The van der Waals surface area contributed by atoms with Crippen LogP contribution in [0, 0.1) is 0 Å². The number of nitrogens with zero attached hydrogens (tertiary/aromatic N) is 1. The third-order valence-corrected chi connectivity index (χ3v) is 8.16. The number of aliphatic hydroxyl groups excluding tert-OH is 1. The summed E-state index contributed by atoms with van der Waals surface area (Å²) in [6.07, 6.45) is -0.283. The molecule has 0 bridgehead atoms. The van der Waals surface area contributed by atoms with E-state index in [9.17, 15) is 14.7 Å². The number of esters is 1. The standard InChI is InChI=1S/C36H41N3O6/c1-4-43-34(41)21-37-36(42)38-31-17-15-28(16-18-31)35-44-32(20-33(45-35)27-11-9-25(23-40)10-12-27)22-39(3)24(2)29-14-13-26-7-5-6-8-30(26)19-29/h5-19,24,32-33,35,40H,4,20-23H2,1-3H3,(H2,37,38,42)/t24-,32-,33+,35+/m1/s1. The normalized spacial score (nSPS) is 18.8. The number of benzene rings is 4. The predicted molar refractivity (Wildman–Crippen MR) is 174 cm³/mol. The van der Waals surface area contributed by atoms with Crippen molar-refractivity contribution in [2.45, 2.75) is 51.4 Å². The minimum Gasteiger partial charge on any atom is -0.465 e. The zero-order valence-corrected chi connectivity index (χ0v) is 25.9. The van der Waals surface area contributed by atoms with Crippen LogP contribution in [0.5, 0.6) is 0 Å². The third-order valence-electron chi connectivity index (χ3n) is 8.16. The highest BCUT2D eigenvalue weighted by atomic mass is 16.7. The number of carbonyl (C=O) groups excluding carboxylic acids is 2. The Kier molecular flexibility index (Phi) is 10.8. The highest BCUT2D eigenvalue weighted by molar-refractivity contribution is 5.91. The van der Waals surface area contributed by atoms with Gasteiger partial charge in [-0.05, 0) is 66.6 Å². The minimum atomic E-state index is -0.623. The summed E-state index contributed by atoms with van der Waals surface area (Å²) in [5, 5.41) is 17.2. The molecule has 236 valence electrons. The molecule has 0 aliphatic carbocycles. The van der Waals surface area contributed by atoms with Gasteiger partial charge in [-0.25, -0.2) is 4.79 Å². The number of amides is 2. The molecule has 5 rings (SSSR count). The Hall–Kier alpha value is -4.28. The number of likely N-dealkylation sites (N-methyl/N-ethyl adjacent to an activating group) is 1. The highest BCUT2D eigenvalue weighted by Gasteiger charge is 2.33. The number of ether oxygens (including phenoxy) is 3. The van der Waals surface area contributed by atoms with E-state index in [2.05, 4.69) is 72.0 Å². The molecule has 1 heterocycles. The molecule has 4 aromatic carbocycles. The first-order valence-electron chi connectivity index (χ1n) is 15.3. The Labute approximate surface area is 264 Å². The lowest BCUT2D eigenvalue weighted by atomic mass is 9.98. The molecule has 45 heavy (non-hydrogen) atoms. The van der Waals surface area contributed by atoms with E-state index in [1.807, 2.05) is 36.4 Å². The van der Waals surface area contributed by atoms with E-state index in [0.717, 1.165) is 16.7 Å². The molecule has 1 saturated heterocycles. The Morgan fingerprint density at radius 3 is 2.38 bits per heavy atom. The van der Waals surface area contributed by atoms with E-state index < -0.39 is 18.3 Å². The van der Waals surface area contributed by atoms with Crippen LogP contribution in [0.1, 0.15) is 61.0 Å². The van der Waals surface area contributed by atoms with Crippen molar-refractivity contribution in [1.82, 2.24) is 10.2 Å². The van der Waals surface area contributed by atoms with Crippen molar-refractivity contribution in [3.05, 3.63) is 113 Å². The fourth-order valence-electron chi connectivity index (χ4n) is 5.50. The molecule has 1 aliphatic rings. The summed E-state index contributed by atoms with van der Waals surface area (Å²) in [6.45, 7) is 4.64. The van der Waals surface area contributed by atoms with Crippen LogP contribution in [0.2, 0.25) is 0 Å². The van der Waals surface area contributed by atoms with Crippen LogP contribution < -0.4 is 10.6 Å². The molecule has 3 N–H and O–H groups in total. The van der Waals surface area contributed by atoms with Gasteiger partial charge in [-0.2, -0.15) is 0 Å². The van der Waals surface area contributed by atoms with Crippen LogP contribution in [0.3, 0.4) is 0 Å². The van der Waals surface area contributed by atoms with Gasteiger partial charge in [-0.15, -0.1) is 0 Å². The lowest BCUT2D eigenvalue weighted by Crippen LogP contribution is -2.38. The van der Waals surface area contributed by atoms with Crippen molar-refractivity contribution in [2.75, 3.05) is 32.1 Å². The zero-order valence-electron chi connectivity index (χ0n) is 25.9. The summed E-state index contributed by atoms with van der Waals surface area (Å²) in [4.78, 5) is 26.1. The largest absolute Gasteiger partial charge is 0.465 e. The summed E-state index contributed by atoms with van der Waals surface area (Å²) in [5.41, 5.74) is 4.49. The van der Waals surface area contributed by atoms with Crippen LogP contribution in [-0.4, -0.2) is 54.9 Å². The topological polar surface area (TPSA) is 109 Å². The Morgan fingerprint density at radius 2 is 1.67 bits per heavy atom. The molecular weight excluding hydrogens is 570 g/mol. The van der Waals surface area contributed by atoms with Crippen LogP contribution in [-0.2, 0) is 25.6 Å². The maximum atomic E-state index is 12.2. The molecular formula is C36H41N3O6. The van der Waals surface area contributed by atoms with Gasteiger partial charge in [0.05, 0.1) is 25.4 Å². The molecule has 0 spiro atoms. The van der Waals surface area contributed by atoms with E-state index in [0.29, 0.717) is 18.7 Å². The molecule has 9 nitrogen and oxygen atoms in total. The van der Waals surface area contributed by atoms with Gasteiger partial charge in [0.25, 0.3) is 0 Å². The van der Waals surface area contributed by atoms with Crippen molar-refractivity contribution >= 4 is 28.5 Å². The number of nitrogens with one attached hydrogen (secondary N) is 2. The molecule has 0 saturated carbocycles. The Balaban J connectivity index is 1.29. The van der Waals surface area contributed by atoms with E-state index >= 15 is 0 Å². The third kappa shape index (κ3) is 8.46. The van der Waals surface area contributed by atoms with Crippen LogP contribution in [0.4, 0.5) is 10.5 Å². The highest BCUT2D eigenvalue weighted by Crippen LogP contribution is 2.39. The van der Waals surface area contributed by atoms with Crippen molar-refractivity contribution in [3.63, 3.8) is 0 Å². The monoisotopic (exact) mass is 611 g/mol. The SMILES string of the molecule is CCOC(=O)CNC(=O)Nc1ccc([C@H]2O[C@@H](CN(C)[C@H](C)c3ccc4ccccc4c3)C[C@@H](c3ccc(CO)cc3)O2)cc1. The Bertz CT molecular complexity index is 1580. The summed E-state index contributed by atoms with van der Waals surface area (Å²) >= 11 is 0. The first kappa shape index (κ1) is 32.1. The first-order chi connectivity index (χ1) is 21.8. The van der Waals surface area contributed by atoms with Gasteiger partial charge >= 0.3 is 12.0 Å². The molecule has 0 aromatic heterocycles. The van der Waals surface area contributed by atoms with Gasteiger partial charge in [-0.3, -0.25) is 9.69 Å². The van der Waals surface area contributed by atoms with Crippen molar-refractivity contribution in [1.29, 1.82) is 0 Å². The molecule has 1 aliphatic heterocycles. The quantitative estimate of drug-likeness (QED) is 0.172. The number of hydrogen-bond donors (Lipinski definition) is 3. The second-order valence-electron chi connectivity index (χ2n) is 11.3. The van der Waals surface area contributed by atoms with Crippen LogP contribution in [0.25, 0.3) is 10.8 Å². The maximum Gasteiger partial charge on any atom is 0.325 e. The van der Waals surface area contributed by atoms with E-state index in [1.54, 1.807) is 19.1 Å². The molecule has 4 aromatic rings. The minimum absolute atomic E-state index is 0.0150. The van der Waals surface area contributed by atoms with Gasteiger partial charge in [0, 0.05) is 30.3 Å². The number of fused-ring (bicyclic) bond motifs is 1. The summed E-state index contributed by atoms with van der Waals surface area (Å²) in [5.74, 6) is -0.498. The number of rotatable bonds is 11. The van der Waals surface area contributed by atoms with E-state index in [4.69, 9.17) is 14.2 Å². The van der Waals surface area contributed by atoms with Gasteiger partial charge < -0.3 is 30.0 Å². The van der Waals surface area contributed by atoms with E-state index in [-0.39, 0.29) is 38.0 Å². The number of aliphatic hydroxyl groups is 1. The summed E-state index contributed by atoms with van der Waals surface area (Å²) in [7, 11) is 2.12. The lowest BCUT2D eigenvalue weighted by Gasteiger charge is -2.39. The average Bonchev–Trinajstić information content (AvgIpc) is 3.07. The second-order valence-corrected chi connectivity index (χ2v) is 11.3. The molecule has 4 atom stereocenters. The van der Waals surface area contributed by atoms with Gasteiger partial charge in [0.1, 0.15) is 6.54 Å². The smallest absolute Gasteiger partial charge is 0.325 e. The summed E-state index contributed by atoms with van der Waals surface area (Å²) in [6, 6.07) is 29.8. The number of carbonyl (C=O) groups is 2. The van der Waals surface area contributed by atoms with Crippen molar-refractivity contribution in [2.24, 2.45) is 0 Å². The van der Waals surface area contributed by atoms with Gasteiger partial charge in [-0.1, -0.05) is 72.8 Å². The second kappa shape index (κ2) is 15.1. The molecule has 1 fully saturated rings. The Morgan fingerprint density at radius 1 is 0.956 bits per heavy atom. The van der Waals surface area contributed by atoms with Gasteiger partial charge in [0.15, 0.2) is 6.29 Å². The fraction of sp³-hybridized carbons (Fsp3) is 0.333.